The molecular formula is C12H14ClFO3. The number of carbonyl (C=O) groups excluding carboxylic acids is 1. The summed E-state index contributed by atoms with van der Waals surface area (Å²) in [5.74, 6) is -0.632. The molecule has 1 rings (SSSR count). The van der Waals surface area contributed by atoms with E-state index in [-0.39, 0.29) is 11.6 Å². The van der Waals surface area contributed by atoms with Gasteiger partial charge in [-0.25, -0.2) is 9.18 Å². The number of ether oxygens (including phenoxy) is 2. The summed E-state index contributed by atoms with van der Waals surface area (Å²) in [6.07, 6.45) is 1.79. The molecule has 94 valence electrons. The molecule has 1 aromatic carbocycles. The average Bonchev–Trinajstić information content (AvgIpc) is 2.31. The van der Waals surface area contributed by atoms with Gasteiger partial charge in [0.15, 0.2) is 6.61 Å². The molecule has 17 heavy (non-hydrogen) atoms. The third-order valence-electron chi connectivity index (χ3n) is 2.01. The highest BCUT2D eigenvalue weighted by Gasteiger charge is 2.06. The Morgan fingerprint density at radius 1 is 1.47 bits per heavy atom. The Hall–Kier alpha value is -1.29. The molecule has 0 unspecified atom stereocenters. The van der Waals surface area contributed by atoms with Gasteiger partial charge in [-0.05, 0) is 18.6 Å². The first-order valence-corrected chi connectivity index (χ1v) is 5.74. The van der Waals surface area contributed by atoms with E-state index in [9.17, 15) is 9.18 Å². The molecule has 0 radical (unpaired) electrons. The molecule has 1 aromatic rings. The van der Waals surface area contributed by atoms with Crippen LogP contribution in [0.15, 0.2) is 18.2 Å². The largest absolute Gasteiger partial charge is 0.482 e. The number of esters is 1. The van der Waals surface area contributed by atoms with Crippen molar-refractivity contribution in [2.24, 2.45) is 0 Å². The molecule has 0 aromatic heterocycles. The molecule has 0 aliphatic rings. The van der Waals surface area contributed by atoms with Crippen LogP contribution < -0.4 is 4.74 Å². The maximum atomic E-state index is 12.8. The van der Waals surface area contributed by atoms with E-state index in [0.29, 0.717) is 12.4 Å². The zero-order chi connectivity index (χ0) is 12.7. The first-order chi connectivity index (χ1) is 8.13. The topological polar surface area (TPSA) is 35.5 Å². The molecule has 0 saturated heterocycles. The lowest BCUT2D eigenvalue weighted by Gasteiger charge is -2.07. The lowest BCUT2D eigenvalue weighted by Crippen LogP contribution is -2.15. The SMILES string of the molecule is CCCCOC(=O)COc1ccc(F)c(Cl)c1. The van der Waals surface area contributed by atoms with Crippen molar-refractivity contribution in [3.8, 4) is 5.75 Å². The Bertz CT molecular complexity index is 382. The number of carbonyl (C=O) groups is 1. The van der Waals surface area contributed by atoms with E-state index in [1.165, 1.54) is 18.2 Å². The van der Waals surface area contributed by atoms with E-state index in [2.05, 4.69) is 0 Å². The molecule has 0 aliphatic carbocycles. The minimum Gasteiger partial charge on any atom is -0.482 e. The predicted molar refractivity (Wildman–Crippen MR) is 62.8 cm³/mol. The van der Waals surface area contributed by atoms with E-state index in [1.807, 2.05) is 6.92 Å². The Morgan fingerprint density at radius 3 is 2.88 bits per heavy atom. The first-order valence-electron chi connectivity index (χ1n) is 5.37. The summed E-state index contributed by atoms with van der Waals surface area (Å²) in [7, 11) is 0. The van der Waals surface area contributed by atoms with Crippen LogP contribution in [0.4, 0.5) is 4.39 Å². The van der Waals surface area contributed by atoms with Crippen LogP contribution in [0.5, 0.6) is 5.75 Å². The van der Waals surface area contributed by atoms with Gasteiger partial charge in [-0.2, -0.15) is 0 Å². The molecule has 0 saturated carbocycles. The standard InChI is InChI=1S/C12H14ClFO3/c1-2-3-6-16-12(15)8-17-9-4-5-11(14)10(13)7-9/h4-5,7H,2-3,6,8H2,1H3. The van der Waals surface area contributed by atoms with Crippen molar-refractivity contribution in [1.29, 1.82) is 0 Å². The van der Waals surface area contributed by atoms with Crippen LogP contribution in [-0.4, -0.2) is 19.2 Å². The van der Waals surface area contributed by atoms with Crippen molar-refractivity contribution in [3.63, 3.8) is 0 Å². The summed E-state index contributed by atoms with van der Waals surface area (Å²) >= 11 is 5.56. The lowest BCUT2D eigenvalue weighted by molar-refractivity contribution is -0.146. The maximum Gasteiger partial charge on any atom is 0.344 e. The van der Waals surface area contributed by atoms with Gasteiger partial charge in [-0.3, -0.25) is 0 Å². The van der Waals surface area contributed by atoms with Crippen LogP contribution in [0.25, 0.3) is 0 Å². The van der Waals surface area contributed by atoms with Gasteiger partial charge in [0.2, 0.25) is 0 Å². The van der Waals surface area contributed by atoms with Crippen molar-refractivity contribution in [1.82, 2.24) is 0 Å². The minimum atomic E-state index is -0.524. The number of hydrogen-bond acceptors (Lipinski definition) is 3. The van der Waals surface area contributed by atoms with Gasteiger partial charge in [-0.1, -0.05) is 24.9 Å². The Balaban J connectivity index is 2.34. The average molecular weight is 261 g/mol. The second-order valence-electron chi connectivity index (χ2n) is 3.44. The molecule has 0 heterocycles. The fourth-order valence-electron chi connectivity index (χ4n) is 1.08. The molecule has 0 amide bonds. The normalized spacial score (nSPS) is 10.1. The van der Waals surface area contributed by atoms with Gasteiger partial charge in [0.05, 0.1) is 11.6 Å². The Kier molecular flexibility index (Phi) is 5.77. The van der Waals surface area contributed by atoms with E-state index >= 15 is 0 Å². The van der Waals surface area contributed by atoms with Crippen molar-refractivity contribution >= 4 is 17.6 Å². The Morgan fingerprint density at radius 2 is 2.24 bits per heavy atom. The maximum absolute atomic E-state index is 12.8. The zero-order valence-corrected chi connectivity index (χ0v) is 10.3. The number of benzene rings is 1. The highest BCUT2D eigenvalue weighted by molar-refractivity contribution is 6.30. The van der Waals surface area contributed by atoms with Crippen LogP contribution in [-0.2, 0) is 9.53 Å². The van der Waals surface area contributed by atoms with Gasteiger partial charge in [0.25, 0.3) is 0 Å². The summed E-state index contributed by atoms with van der Waals surface area (Å²) < 4.78 is 22.8. The number of rotatable bonds is 6. The fourth-order valence-corrected chi connectivity index (χ4v) is 1.25. The summed E-state index contributed by atoms with van der Waals surface area (Å²) in [4.78, 5) is 11.2. The summed E-state index contributed by atoms with van der Waals surface area (Å²) in [6, 6.07) is 3.90. The smallest absolute Gasteiger partial charge is 0.344 e. The third kappa shape index (κ3) is 5.04. The third-order valence-corrected chi connectivity index (χ3v) is 2.30. The second-order valence-corrected chi connectivity index (χ2v) is 3.85. The van der Waals surface area contributed by atoms with E-state index in [4.69, 9.17) is 21.1 Å². The van der Waals surface area contributed by atoms with Crippen molar-refractivity contribution in [2.45, 2.75) is 19.8 Å². The van der Waals surface area contributed by atoms with Crippen LogP contribution >= 0.6 is 11.6 Å². The van der Waals surface area contributed by atoms with Gasteiger partial charge in [0.1, 0.15) is 11.6 Å². The zero-order valence-electron chi connectivity index (χ0n) is 9.54. The van der Waals surface area contributed by atoms with Crippen molar-refractivity contribution in [3.05, 3.63) is 29.0 Å². The summed E-state index contributed by atoms with van der Waals surface area (Å²) in [6.45, 7) is 2.19. The van der Waals surface area contributed by atoms with Gasteiger partial charge in [-0.15, -0.1) is 0 Å². The van der Waals surface area contributed by atoms with Crippen LogP contribution in [0.1, 0.15) is 19.8 Å². The van der Waals surface area contributed by atoms with Gasteiger partial charge < -0.3 is 9.47 Å². The first kappa shape index (κ1) is 13.8. The minimum absolute atomic E-state index is 0.0400. The van der Waals surface area contributed by atoms with E-state index in [1.54, 1.807) is 0 Å². The second kappa shape index (κ2) is 7.12. The highest BCUT2D eigenvalue weighted by Crippen LogP contribution is 2.20. The van der Waals surface area contributed by atoms with Crippen molar-refractivity contribution in [2.75, 3.05) is 13.2 Å². The van der Waals surface area contributed by atoms with Crippen LogP contribution in [0, 0.1) is 5.82 Å². The molecule has 0 atom stereocenters. The van der Waals surface area contributed by atoms with Gasteiger partial charge in [0, 0.05) is 6.07 Å². The lowest BCUT2D eigenvalue weighted by atomic mass is 10.3. The highest BCUT2D eigenvalue weighted by atomic mass is 35.5. The Labute approximate surface area is 104 Å². The fraction of sp³-hybridized carbons (Fsp3) is 0.417. The molecule has 0 spiro atoms. The summed E-state index contributed by atoms with van der Waals surface area (Å²) in [5, 5.41) is -0.0400. The van der Waals surface area contributed by atoms with Crippen molar-refractivity contribution < 1.29 is 18.7 Å². The molecule has 0 bridgehead atoms. The molecular weight excluding hydrogens is 247 g/mol. The predicted octanol–water partition coefficient (Wildman–Crippen LogP) is 3.20. The van der Waals surface area contributed by atoms with Gasteiger partial charge >= 0.3 is 5.97 Å². The molecule has 3 nitrogen and oxygen atoms in total. The number of halogens is 2. The quantitative estimate of drug-likeness (QED) is 0.582. The van der Waals surface area contributed by atoms with E-state index in [0.717, 1.165) is 12.8 Å². The molecule has 0 fully saturated rings. The molecule has 0 aliphatic heterocycles. The molecule has 5 heteroatoms. The number of unbranched alkanes of at least 4 members (excludes halogenated alkanes) is 1. The molecule has 0 N–H and O–H groups in total. The van der Waals surface area contributed by atoms with E-state index < -0.39 is 11.8 Å². The van der Waals surface area contributed by atoms with Crippen LogP contribution in [0.3, 0.4) is 0 Å². The summed E-state index contributed by atoms with van der Waals surface area (Å²) in [5.41, 5.74) is 0. The number of hydrogen-bond donors (Lipinski definition) is 0. The monoisotopic (exact) mass is 260 g/mol. The van der Waals surface area contributed by atoms with Crippen LogP contribution in [0.2, 0.25) is 5.02 Å².